The summed E-state index contributed by atoms with van der Waals surface area (Å²) in [7, 11) is 1.51. The number of amides is 2. The lowest BCUT2D eigenvalue weighted by molar-refractivity contribution is -0.124. The van der Waals surface area contributed by atoms with E-state index < -0.39 is 18.0 Å². The number of nitrogens with one attached hydrogen (secondary N) is 2. The monoisotopic (exact) mass is 432 g/mol. The van der Waals surface area contributed by atoms with Crippen LogP contribution in [0.15, 0.2) is 24.3 Å². The normalized spacial score (nSPS) is 15.5. The van der Waals surface area contributed by atoms with Crippen LogP contribution in [0.2, 0.25) is 0 Å². The van der Waals surface area contributed by atoms with E-state index in [1.165, 1.54) is 7.11 Å². The van der Waals surface area contributed by atoms with Gasteiger partial charge in [0.25, 0.3) is 11.8 Å². The fraction of sp³-hybridized carbons (Fsp3) is 0.381. The summed E-state index contributed by atoms with van der Waals surface area (Å²) < 4.78 is 15.8. The lowest BCUT2D eigenvalue weighted by Gasteiger charge is -2.10. The molecule has 0 spiro atoms. The molecule has 2 heterocycles. The topological polar surface area (TPSA) is 103 Å². The molecule has 0 saturated carbocycles. The second-order valence-corrected chi connectivity index (χ2v) is 7.65. The maximum Gasteiger partial charge on any atom is 0.341 e. The van der Waals surface area contributed by atoms with Gasteiger partial charge in [-0.05, 0) is 44.4 Å². The summed E-state index contributed by atoms with van der Waals surface area (Å²) in [6, 6.07) is 7.01. The molecule has 3 rings (SSSR count). The first-order chi connectivity index (χ1) is 14.5. The Balaban J connectivity index is 1.91. The number of carbonyl (C=O) groups is 3. The van der Waals surface area contributed by atoms with Gasteiger partial charge in [-0.25, -0.2) is 4.79 Å². The standard InChI is InChI=1S/C21H24N2O6S/c1-4-28-21(26)16-12(2)17(19(25)22-13-8-5-6-9-14(13)27-3)30-20(16)23-18(24)15-10-7-11-29-15/h5-6,8-9,15H,4,7,10-11H2,1-3H3,(H,22,25)(H,23,24)/t15-/m0/s1. The summed E-state index contributed by atoms with van der Waals surface area (Å²) in [5.41, 5.74) is 1.12. The van der Waals surface area contributed by atoms with Crippen LogP contribution in [0.3, 0.4) is 0 Å². The fourth-order valence-electron chi connectivity index (χ4n) is 3.17. The zero-order chi connectivity index (χ0) is 21.7. The molecule has 2 amide bonds. The highest BCUT2D eigenvalue weighted by Crippen LogP contribution is 2.35. The first kappa shape index (κ1) is 21.8. The molecular weight excluding hydrogens is 408 g/mol. The molecular formula is C21H24N2O6S. The van der Waals surface area contributed by atoms with Gasteiger partial charge < -0.3 is 24.8 Å². The van der Waals surface area contributed by atoms with Crippen molar-refractivity contribution in [3.8, 4) is 5.75 Å². The minimum atomic E-state index is -0.592. The summed E-state index contributed by atoms with van der Waals surface area (Å²) in [6.07, 6.45) is 0.860. The van der Waals surface area contributed by atoms with Crippen molar-refractivity contribution in [2.75, 3.05) is 31.0 Å². The molecule has 1 saturated heterocycles. The molecule has 1 aromatic carbocycles. The molecule has 2 N–H and O–H groups in total. The Morgan fingerprint density at radius 1 is 1.23 bits per heavy atom. The minimum Gasteiger partial charge on any atom is -0.495 e. The van der Waals surface area contributed by atoms with Gasteiger partial charge in [-0.1, -0.05) is 12.1 Å². The number of rotatable bonds is 7. The Morgan fingerprint density at radius 3 is 2.67 bits per heavy atom. The van der Waals surface area contributed by atoms with E-state index in [4.69, 9.17) is 14.2 Å². The van der Waals surface area contributed by atoms with Crippen LogP contribution in [-0.4, -0.2) is 44.2 Å². The molecule has 1 aromatic heterocycles. The van der Waals surface area contributed by atoms with E-state index in [0.717, 1.165) is 17.8 Å². The van der Waals surface area contributed by atoms with Gasteiger partial charge in [0.05, 0.1) is 29.8 Å². The van der Waals surface area contributed by atoms with Gasteiger partial charge in [0, 0.05) is 6.61 Å². The summed E-state index contributed by atoms with van der Waals surface area (Å²) in [5, 5.41) is 5.81. The third-order valence-electron chi connectivity index (χ3n) is 4.65. The van der Waals surface area contributed by atoms with Crippen molar-refractivity contribution in [2.24, 2.45) is 0 Å². The van der Waals surface area contributed by atoms with E-state index >= 15 is 0 Å². The first-order valence-electron chi connectivity index (χ1n) is 9.63. The molecule has 9 heteroatoms. The predicted molar refractivity (Wildman–Crippen MR) is 114 cm³/mol. The molecule has 30 heavy (non-hydrogen) atoms. The third kappa shape index (κ3) is 4.63. The van der Waals surface area contributed by atoms with Gasteiger partial charge in [0.2, 0.25) is 0 Å². The number of methoxy groups -OCH3 is 1. The summed E-state index contributed by atoms with van der Waals surface area (Å²) in [5.74, 6) is -0.830. The van der Waals surface area contributed by atoms with Crippen molar-refractivity contribution in [1.82, 2.24) is 0 Å². The zero-order valence-corrected chi connectivity index (χ0v) is 17.9. The van der Waals surface area contributed by atoms with Crippen LogP contribution in [0.4, 0.5) is 10.7 Å². The van der Waals surface area contributed by atoms with Gasteiger partial charge >= 0.3 is 5.97 Å². The van der Waals surface area contributed by atoms with Gasteiger partial charge in [-0.3, -0.25) is 9.59 Å². The lowest BCUT2D eigenvalue weighted by Crippen LogP contribution is -2.27. The number of thiophene rings is 1. The van der Waals surface area contributed by atoms with E-state index in [0.29, 0.717) is 34.9 Å². The number of carbonyl (C=O) groups excluding carboxylic acids is 3. The van der Waals surface area contributed by atoms with Crippen molar-refractivity contribution in [1.29, 1.82) is 0 Å². The molecule has 160 valence electrons. The van der Waals surface area contributed by atoms with Crippen LogP contribution in [0.1, 0.15) is 45.4 Å². The molecule has 1 aliphatic heterocycles. The van der Waals surface area contributed by atoms with Gasteiger partial charge in [-0.15, -0.1) is 11.3 Å². The zero-order valence-electron chi connectivity index (χ0n) is 17.1. The van der Waals surface area contributed by atoms with E-state index in [1.807, 2.05) is 0 Å². The van der Waals surface area contributed by atoms with Gasteiger partial charge in [0.1, 0.15) is 16.9 Å². The van der Waals surface area contributed by atoms with Crippen LogP contribution in [0.5, 0.6) is 5.75 Å². The number of benzene rings is 1. The Labute approximate surface area is 178 Å². The van der Waals surface area contributed by atoms with E-state index in [2.05, 4.69) is 10.6 Å². The van der Waals surface area contributed by atoms with Crippen molar-refractivity contribution in [3.05, 3.63) is 40.3 Å². The Kier molecular flexibility index (Phi) is 7.07. The molecule has 1 aliphatic rings. The number of ether oxygens (including phenoxy) is 3. The highest BCUT2D eigenvalue weighted by atomic mass is 32.1. The largest absolute Gasteiger partial charge is 0.495 e. The van der Waals surface area contributed by atoms with Crippen LogP contribution in [-0.2, 0) is 14.3 Å². The highest BCUT2D eigenvalue weighted by molar-refractivity contribution is 7.19. The number of para-hydroxylation sites is 2. The molecule has 1 atom stereocenters. The number of esters is 1. The van der Waals surface area contributed by atoms with Crippen LogP contribution >= 0.6 is 11.3 Å². The van der Waals surface area contributed by atoms with E-state index in [9.17, 15) is 14.4 Å². The average Bonchev–Trinajstić information content (AvgIpc) is 3.37. The molecule has 1 fully saturated rings. The number of hydrogen-bond acceptors (Lipinski definition) is 7. The quantitative estimate of drug-likeness (QED) is 0.648. The smallest absolute Gasteiger partial charge is 0.341 e. The van der Waals surface area contributed by atoms with Crippen LogP contribution in [0, 0.1) is 6.92 Å². The second kappa shape index (κ2) is 9.73. The second-order valence-electron chi connectivity index (χ2n) is 6.63. The maximum atomic E-state index is 12.9. The molecule has 8 nitrogen and oxygen atoms in total. The third-order valence-corrected chi connectivity index (χ3v) is 5.85. The Hall–Kier alpha value is -2.91. The van der Waals surface area contributed by atoms with Crippen LogP contribution < -0.4 is 15.4 Å². The van der Waals surface area contributed by atoms with Gasteiger partial charge in [-0.2, -0.15) is 0 Å². The SMILES string of the molecule is CCOC(=O)c1c(NC(=O)[C@@H]2CCCO2)sc(C(=O)Nc2ccccc2OC)c1C. The van der Waals surface area contributed by atoms with Crippen molar-refractivity contribution in [2.45, 2.75) is 32.8 Å². The first-order valence-corrected chi connectivity index (χ1v) is 10.4. The Bertz CT molecular complexity index is 949. The van der Waals surface area contributed by atoms with Crippen molar-refractivity contribution in [3.63, 3.8) is 0 Å². The molecule has 2 aromatic rings. The summed E-state index contributed by atoms with van der Waals surface area (Å²) in [4.78, 5) is 38.3. The molecule has 0 unspecified atom stereocenters. The Morgan fingerprint density at radius 2 is 2.00 bits per heavy atom. The average molecular weight is 432 g/mol. The number of hydrogen-bond donors (Lipinski definition) is 2. The van der Waals surface area contributed by atoms with Crippen molar-refractivity contribution < 1.29 is 28.6 Å². The predicted octanol–water partition coefficient (Wildman–Crippen LogP) is 3.61. The number of anilines is 2. The lowest BCUT2D eigenvalue weighted by atomic mass is 10.1. The fourth-order valence-corrected chi connectivity index (χ4v) is 4.26. The van der Waals surface area contributed by atoms with Gasteiger partial charge in [0.15, 0.2) is 0 Å². The van der Waals surface area contributed by atoms with E-state index in [1.54, 1.807) is 38.1 Å². The van der Waals surface area contributed by atoms with E-state index in [-0.39, 0.29) is 23.1 Å². The minimum absolute atomic E-state index is 0.177. The molecule has 0 radical (unpaired) electrons. The summed E-state index contributed by atoms with van der Waals surface area (Å²) >= 11 is 1.03. The van der Waals surface area contributed by atoms with Crippen molar-refractivity contribution >= 4 is 39.8 Å². The molecule has 0 aliphatic carbocycles. The highest BCUT2D eigenvalue weighted by Gasteiger charge is 2.30. The maximum absolute atomic E-state index is 12.9. The van der Waals surface area contributed by atoms with Crippen LogP contribution in [0.25, 0.3) is 0 Å². The summed E-state index contributed by atoms with van der Waals surface area (Å²) in [6.45, 7) is 4.05. The molecule has 0 bridgehead atoms.